The standard InChI is InChI=1S/C15H30N2O3/c1-6-10(2)13(15(19)20-5)17-14(18)11(3)8-7-9-12(4)16/h10-13H,6-9,16H2,1-5H3,(H,17,18). The van der Waals surface area contributed by atoms with E-state index in [1.54, 1.807) is 0 Å². The molecule has 0 aromatic rings. The maximum Gasteiger partial charge on any atom is 0.328 e. The third-order valence-corrected chi connectivity index (χ3v) is 3.71. The zero-order chi connectivity index (χ0) is 15.7. The van der Waals surface area contributed by atoms with Gasteiger partial charge in [-0.15, -0.1) is 0 Å². The Morgan fingerprint density at radius 2 is 1.80 bits per heavy atom. The molecule has 4 atom stereocenters. The van der Waals surface area contributed by atoms with Crippen molar-refractivity contribution < 1.29 is 14.3 Å². The Hall–Kier alpha value is -1.10. The first-order valence-electron chi connectivity index (χ1n) is 7.47. The van der Waals surface area contributed by atoms with Crippen LogP contribution in [0.2, 0.25) is 0 Å². The minimum atomic E-state index is -0.562. The summed E-state index contributed by atoms with van der Waals surface area (Å²) in [6.45, 7) is 7.75. The molecule has 0 aliphatic carbocycles. The van der Waals surface area contributed by atoms with Crippen molar-refractivity contribution in [2.24, 2.45) is 17.6 Å². The first kappa shape index (κ1) is 18.9. The minimum absolute atomic E-state index is 0.0580. The number of rotatable bonds is 9. The molecule has 0 saturated heterocycles. The molecule has 0 aromatic heterocycles. The van der Waals surface area contributed by atoms with Crippen molar-refractivity contribution in [1.29, 1.82) is 0 Å². The van der Waals surface area contributed by atoms with Gasteiger partial charge >= 0.3 is 5.97 Å². The fraction of sp³-hybridized carbons (Fsp3) is 0.867. The van der Waals surface area contributed by atoms with Gasteiger partial charge in [0, 0.05) is 12.0 Å². The highest BCUT2D eigenvalue weighted by Crippen LogP contribution is 2.13. The summed E-state index contributed by atoms with van der Waals surface area (Å²) < 4.78 is 4.76. The van der Waals surface area contributed by atoms with Gasteiger partial charge in [0.2, 0.25) is 5.91 Å². The molecule has 0 aliphatic rings. The van der Waals surface area contributed by atoms with E-state index in [2.05, 4.69) is 5.32 Å². The van der Waals surface area contributed by atoms with Gasteiger partial charge in [-0.05, 0) is 25.7 Å². The molecule has 0 rings (SSSR count). The maximum atomic E-state index is 12.1. The van der Waals surface area contributed by atoms with Gasteiger partial charge in [-0.1, -0.05) is 33.6 Å². The molecule has 0 saturated carbocycles. The Balaban J connectivity index is 4.40. The van der Waals surface area contributed by atoms with E-state index in [9.17, 15) is 9.59 Å². The molecule has 4 unspecified atom stereocenters. The molecule has 5 heteroatoms. The largest absolute Gasteiger partial charge is 0.467 e. The highest BCUT2D eigenvalue weighted by Gasteiger charge is 2.28. The van der Waals surface area contributed by atoms with Crippen LogP contribution >= 0.6 is 0 Å². The number of amides is 1. The molecule has 20 heavy (non-hydrogen) atoms. The van der Waals surface area contributed by atoms with Gasteiger partial charge in [0.1, 0.15) is 6.04 Å². The highest BCUT2D eigenvalue weighted by atomic mass is 16.5. The number of esters is 1. The third kappa shape index (κ3) is 6.89. The van der Waals surface area contributed by atoms with Gasteiger partial charge in [-0.3, -0.25) is 4.79 Å². The highest BCUT2D eigenvalue weighted by molar-refractivity contribution is 5.85. The van der Waals surface area contributed by atoms with E-state index in [1.165, 1.54) is 7.11 Å². The maximum absolute atomic E-state index is 12.1. The number of hydrogen-bond donors (Lipinski definition) is 2. The number of carbonyl (C=O) groups is 2. The zero-order valence-corrected chi connectivity index (χ0v) is 13.4. The van der Waals surface area contributed by atoms with E-state index < -0.39 is 6.04 Å². The fourth-order valence-corrected chi connectivity index (χ4v) is 1.97. The van der Waals surface area contributed by atoms with Crippen molar-refractivity contribution in [3.8, 4) is 0 Å². The summed E-state index contributed by atoms with van der Waals surface area (Å²) in [5.41, 5.74) is 5.69. The van der Waals surface area contributed by atoms with Crippen LogP contribution in [-0.2, 0) is 14.3 Å². The van der Waals surface area contributed by atoms with E-state index >= 15 is 0 Å². The number of carbonyl (C=O) groups excluding carboxylic acids is 2. The monoisotopic (exact) mass is 286 g/mol. The summed E-state index contributed by atoms with van der Waals surface area (Å²) in [7, 11) is 1.34. The van der Waals surface area contributed by atoms with Crippen LogP contribution in [0.4, 0.5) is 0 Å². The average molecular weight is 286 g/mol. The third-order valence-electron chi connectivity index (χ3n) is 3.71. The van der Waals surface area contributed by atoms with Crippen LogP contribution in [0, 0.1) is 11.8 Å². The zero-order valence-electron chi connectivity index (χ0n) is 13.4. The molecule has 0 radical (unpaired) electrons. The molecule has 0 fully saturated rings. The quantitative estimate of drug-likeness (QED) is 0.634. The van der Waals surface area contributed by atoms with E-state index in [4.69, 9.17) is 10.5 Å². The summed E-state index contributed by atoms with van der Waals surface area (Å²) in [6, 6.07) is -0.401. The SMILES string of the molecule is CCC(C)C(NC(=O)C(C)CCCC(C)N)C(=O)OC. The number of hydrogen-bond acceptors (Lipinski definition) is 4. The van der Waals surface area contributed by atoms with Crippen LogP contribution in [0.15, 0.2) is 0 Å². The molecule has 118 valence electrons. The van der Waals surface area contributed by atoms with Crippen molar-refractivity contribution >= 4 is 11.9 Å². The molecular formula is C15H30N2O3. The summed E-state index contributed by atoms with van der Waals surface area (Å²) in [5, 5.41) is 2.81. The van der Waals surface area contributed by atoms with Crippen LogP contribution < -0.4 is 11.1 Å². The van der Waals surface area contributed by atoms with Gasteiger partial charge in [-0.2, -0.15) is 0 Å². The van der Waals surface area contributed by atoms with Crippen LogP contribution in [0.1, 0.15) is 53.4 Å². The van der Waals surface area contributed by atoms with Gasteiger partial charge in [0.25, 0.3) is 0 Å². The van der Waals surface area contributed by atoms with E-state index in [0.29, 0.717) is 0 Å². The normalized spacial score (nSPS) is 16.9. The van der Waals surface area contributed by atoms with Gasteiger partial charge < -0.3 is 15.8 Å². The predicted molar refractivity (Wildman–Crippen MR) is 80.1 cm³/mol. The lowest BCUT2D eigenvalue weighted by molar-refractivity contribution is -0.147. The lowest BCUT2D eigenvalue weighted by Crippen LogP contribution is -2.47. The van der Waals surface area contributed by atoms with Gasteiger partial charge in [0.15, 0.2) is 0 Å². The Kier molecular flexibility index (Phi) is 9.21. The van der Waals surface area contributed by atoms with Gasteiger partial charge in [-0.25, -0.2) is 4.79 Å². The number of nitrogens with two attached hydrogens (primary N) is 1. The van der Waals surface area contributed by atoms with Crippen molar-refractivity contribution in [1.82, 2.24) is 5.32 Å². The Morgan fingerprint density at radius 1 is 1.20 bits per heavy atom. The summed E-state index contributed by atoms with van der Waals surface area (Å²) in [6.07, 6.45) is 3.41. The van der Waals surface area contributed by atoms with Crippen LogP contribution in [0.3, 0.4) is 0 Å². The minimum Gasteiger partial charge on any atom is -0.467 e. The second-order valence-corrected chi connectivity index (χ2v) is 5.70. The molecule has 0 bridgehead atoms. The lowest BCUT2D eigenvalue weighted by atomic mass is 9.96. The summed E-state index contributed by atoms with van der Waals surface area (Å²) in [4.78, 5) is 23.8. The molecule has 5 nitrogen and oxygen atoms in total. The Morgan fingerprint density at radius 3 is 2.25 bits per heavy atom. The first-order valence-corrected chi connectivity index (χ1v) is 7.47. The molecule has 0 aliphatic heterocycles. The molecule has 0 heterocycles. The smallest absolute Gasteiger partial charge is 0.328 e. The first-order chi connectivity index (χ1) is 9.33. The number of nitrogens with one attached hydrogen (secondary N) is 1. The Labute approximate surface area is 122 Å². The molecule has 0 spiro atoms. The number of methoxy groups -OCH3 is 1. The lowest BCUT2D eigenvalue weighted by Gasteiger charge is -2.23. The van der Waals surface area contributed by atoms with E-state index in [-0.39, 0.29) is 29.8 Å². The molecule has 0 aromatic carbocycles. The second kappa shape index (κ2) is 9.75. The second-order valence-electron chi connectivity index (χ2n) is 5.70. The number of ether oxygens (including phenoxy) is 1. The van der Waals surface area contributed by atoms with E-state index in [0.717, 1.165) is 25.7 Å². The summed E-state index contributed by atoms with van der Waals surface area (Å²) in [5.74, 6) is -0.534. The van der Waals surface area contributed by atoms with Crippen LogP contribution in [0.25, 0.3) is 0 Å². The molecule has 3 N–H and O–H groups in total. The van der Waals surface area contributed by atoms with E-state index in [1.807, 2.05) is 27.7 Å². The average Bonchev–Trinajstić information content (AvgIpc) is 2.42. The molecule has 1 amide bonds. The van der Waals surface area contributed by atoms with Crippen molar-refractivity contribution in [2.45, 2.75) is 65.5 Å². The van der Waals surface area contributed by atoms with Gasteiger partial charge in [0.05, 0.1) is 7.11 Å². The van der Waals surface area contributed by atoms with Crippen LogP contribution in [0.5, 0.6) is 0 Å². The van der Waals surface area contributed by atoms with Crippen molar-refractivity contribution in [2.75, 3.05) is 7.11 Å². The Bertz CT molecular complexity index is 305. The fourth-order valence-electron chi connectivity index (χ4n) is 1.97. The van der Waals surface area contributed by atoms with Crippen molar-refractivity contribution in [3.63, 3.8) is 0 Å². The predicted octanol–water partition coefficient (Wildman–Crippen LogP) is 1.84. The topological polar surface area (TPSA) is 81.4 Å². The molecular weight excluding hydrogens is 256 g/mol. The summed E-state index contributed by atoms with van der Waals surface area (Å²) >= 11 is 0. The van der Waals surface area contributed by atoms with Crippen molar-refractivity contribution in [3.05, 3.63) is 0 Å². The van der Waals surface area contributed by atoms with Crippen LogP contribution in [-0.4, -0.2) is 31.1 Å².